The molecule has 1 unspecified atom stereocenters. The second-order valence-corrected chi connectivity index (χ2v) is 13.6. The van der Waals surface area contributed by atoms with Gasteiger partial charge < -0.3 is 19.3 Å². The standard InChI is InChI=1S/C49H39N2O2P/c1-52-46-28-22-38(23-29-46)37-20-24-42(25-21-37)51(41-16-9-4-10-17-41)45-32-39(36-12-5-2-6-13-36)33-48(34-45)53-47-30-26-43(27-31-47)50(40-14-7-3-8-15-40)44-18-11-19-49(54)35-44/h2-35H,54H2,1H3. The Bertz CT molecular complexity index is 2440. The first kappa shape index (κ1) is 34.5. The topological polar surface area (TPSA) is 24.9 Å². The van der Waals surface area contributed by atoms with Gasteiger partial charge in [0.25, 0.3) is 0 Å². The van der Waals surface area contributed by atoms with Gasteiger partial charge in [-0.25, -0.2) is 0 Å². The lowest BCUT2D eigenvalue weighted by Crippen LogP contribution is -2.11. The first-order chi connectivity index (χ1) is 26.6. The van der Waals surface area contributed by atoms with E-state index in [2.05, 4.69) is 183 Å². The molecule has 1 atom stereocenters. The summed E-state index contributed by atoms with van der Waals surface area (Å²) in [6.07, 6.45) is 0. The Balaban J connectivity index is 1.16. The van der Waals surface area contributed by atoms with Crippen molar-refractivity contribution in [1.82, 2.24) is 0 Å². The summed E-state index contributed by atoms with van der Waals surface area (Å²) < 4.78 is 12.1. The van der Waals surface area contributed by atoms with Gasteiger partial charge in [0.05, 0.1) is 12.8 Å². The third-order valence-electron chi connectivity index (χ3n) is 9.29. The summed E-state index contributed by atoms with van der Waals surface area (Å²) in [4.78, 5) is 4.53. The van der Waals surface area contributed by atoms with Crippen molar-refractivity contribution in [1.29, 1.82) is 0 Å². The Morgan fingerprint density at radius 3 is 1.37 bits per heavy atom. The van der Waals surface area contributed by atoms with Crippen LogP contribution in [0, 0.1) is 0 Å². The summed E-state index contributed by atoms with van der Waals surface area (Å²) >= 11 is 0. The van der Waals surface area contributed by atoms with E-state index in [1.807, 2.05) is 42.5 Å². The Labute approximate surface area is 319 Å². The SMILES string of the molecule is COc1ccc(-c2ccc(N(c3ccccc3)c3cc(Oc4ccc(N(c5ccccc5)c5cccc(P)c5)cc4)cc(-c4ccccc4)c3)cc2)cc1. The predicted molar refractivity (Wildman–Crippen MR) is 229 cm³/mol. The summed E-state index contributed by atoms with van der Waals surface area (Å²) in [7, 11) is 4.49. The van der Waals surface area contributed by atoms with Crippen molar-refractivity contribution in [2.45, 2.75) is 0 Å². The second-order valence-electron chi connectivity index (χ2n) is 12.9. The summed E-state index contributed by atoms with van der Waals surface area (Å²) in [6, 6.07) is 71.4. The molecular weight excluding hydrogens is 680 g/mol. The van der Waals surface area contributed by atoms with E-state index in [1.165, 1.54) is 0 Å². The van der Waals surface area contributed by atoms with Crippen molar-refractivity contribution >= 4 is 48.7 Å². The van der Waals surface area contributed by atoms with Crippen LogP contribution < -0.4 is 24.6 Å². The summed E-state index contributed by atoms with van der Waals surface area (Å²) in [5.74, 6) is 2.33. The van der Waals surface area contributed by atoms with Crippen LogP contribution in [0.1, 0.15) is 0 Å². The molecule has 0 aliphatic rings. The van der Waals surface area contributed by atoms with Crippen LogP contribution in [0.15, 0.2) is 206 Å². The largest absolute Gasteiger partial charge is 0.497 e. The lowest BCUT2D eigenvalue weighted by atomic mass is 10.0. The Morgan fingerprint density at radius 2 is 0.796 bits per heavy atom. The van der Waals surface area contributed by atoms with Crippen molar-refractivity contribution in [3.8, 4) is 39.5 Å². The quantitative estimate of drug-likeness (QED) is 0.124. The van der Waals surface area contributed by atoms with Crippen LogP contribution >= 0.6 is 9.24 Å². The average molecular weight is 719 g/mol. The van der Waals surface area contributed by atoms with Crippen LogP contribution in [0.2, 0.25) is 0 Å². The van der Waals surface area contributed by atoms with E-state index in [9.17, 15) is 0 Å². The maximum absolute atomic E-state index is 6.71. The smallest absolute Gasteiger partial charge is 0.130 e. The lowest BCUT2D eigenvalue weighted by molar-refractivity contribution is 0.415. The number of methoxy groups -OCH3 is 1. The molecule has 0 spiro atoms. The van der Waals surface area contributed by atoms with Gasteiger partial charge in [0.15, 0.2) is 0 Å². The summed E-state index contributed by atoms with van der Waals surface area (Å²) in [5.41, 5.74) is 10.7. The molecule has 8 aromatic rings. The van der Waals surface area contributed by atoms with Gasteiger partial charge >= 0.3 is 0 Å². The van der Waals surface area contributed by atoms with Crippen molar-refractivity contribution in [3.63, 3.8) is 0 Å². The van der Waals surface area contributed by atoms with Crippen molar-refractivity contribution in [3.05, 3.63) is 206 Å². The highest BCUT2D eigenvalue weighted by Gasteiger charge is 2.17. The first-order valence-corrected chi connectivity index (χ1v) is 18.5. The van der Waals surface area contributed by atoms with Gasteiger partial charge in [-0.1, -0.05) is 103 Å². The molecule has 0 saturated heterocycles. The normalized spacial score (nSPS) is 10.8. The van der Waals surface area contributed by atoms with Crippen molar-refractivity contribution in [2.24, 2.45) is 0 Å². The molecule has 0 amide bonds. The lowest BCUT2D eigenvalue weighted by Gasteiger charge is -2.27. The van der Waals surface area contributed by atoms with Crippen LogP contribution in [0.3, 0.4) is 0 Å². The van der Waals surface area contributed by atoms with Crippen LogP contribution in [0.25, 0.3) is 22.3 Å². The molecule has 0 fully saturated rings. The molecular formula is C49H39N2O2P. The van der Waals surface area contributed by atoms with E-state index in [0.29, 0.717) is 0 Å². The fourth-order valence-corrected chi connectivity index (χ4v) is 6.95. The zero-order valence-electron chi connectivity index (χ0n) is 29.9. The maximum Gasteiger partial charge on any atom is 0.130 e. The van der Waals surface area contributed by atoms with Crippen LogP contribution in [-0.4, -0.2) is 7.11 Å². The van der Waals surface area contributed by atoms with Gasteiger partial charge in [-0.05, 0) is 125 Å². The zero-order valence-corrected chi connectivity index (χ0v) is 31.1. The van der Waals surface area contributed by atoms with E-state index < -0.39 is 0 Å². The number of hydrogen-bond donors (Lipinski definition) is 0. The third-order valence-corrected chi connectivity index (χ3v) is 9.65. The van der Waals surface area contributed by atoms with Gasteiger partial charge in [-0.2, -0.15) is 0 Å². The highest BCUT2D eigenvalue weighted by Crippen LogP contribution is 2.41. The van der Waals surface area contributed by atoms with E-state index in [4.69, 9.17) is 9.47 Å². The number of anilines is 6. The minimum absolute atomic E-state index is 0.741. The van der Waals surface area contributed by atoms with E-state index in [0.717, 1.165) is 78.9 Å². The Hall–Kier alpha value is -6.61. The van der Waals surface area contributed by atoms with E-state index >= 15 is 0 Å². The number of rotatable bonds is 11. The van der Waals surface area contributed by atoms with Gasteiger partial charge in [-0.15, -0.1) is 9.24 Å². The molecule has 0 aliphatic heterocycles. The highest BCUT2D eigenvalue weighted by molar-refractivity contribution is 7.27. The highest BCUT2D eigenvalue weighted by atomic mass is 31.0. The average Bonchev–Trinajstić information content (AvgIpc) is 3.23. The van der Waals surface area contributed by atoms with Crippen molar-refractivity contribution in [2.75, 3.05) is 16.9 Å². The molecule has 0 saturated carbocycles. The molecule has 0 aromatic heterocycles. The summed E-state index contributed by atoms with van der Waals surface area (Å²) in [5, 5.41) is 1.13. The molecule has 0 aliphatic carbocycles. The number of para-hydroxylation sites is 2. The zero-order chi connectivity index (χ0) is 36.7. The number of nitrogens with zero attached hydrogens (tertiary/aromatic N) is 2. The molecule has 8 aromatic carbocycles. The predicted octanol–water partition coefficient (Wildman–Crippen LogP) is 13.3. The number of hydrogen-bond acceptors (Lipinski definition) is 4. The van der Waals surface area contributed by atoms with Gasteiger partial charge in [0, 0.05) is 34.5 Å². The minimum Gasteiger partial charge on any atom is -0.497 e. The Morgan fingerprint density at radius 1 is 0.333 bits per heavy atom. The van der Waals surface area contributed by atoms with E-state index in [1.54, 1.807) is 7.11 Å². The van der Waals surface area contributed by atoms with Crippen LogP contribution in [-0.2, 0) is 0 Å². The third kappa shape index (κ3) is 7.76. The van der Waals surface area contributed by atoms with Crippen LogP contribution in [0.4, 0.5) is 34.1 Å². The van der Waals surface area contributed by atoms with Crippen molar-refractivity contribution < 1.29 is 9.47 Å². The maximum atomic E-state index is 6.71. The van der Waals surface area contributed by atoms with Gasteiger partial charge in [-0.3, -0.25) is 0 Å². The van der Waals surface area contributed by atoms with E-state index in [-0.39, 0.29) is 0 Å². The molecule has 0 radical (unpaired) electrons. The molecule has 0 heterocycles. The molecule has 0 N–H and O–H groups in total. The summed E-state index contributed by atoms with van der Waals surface area (Å²) in [6.45, 7) is 0. The molecule has 54 heavy (non-hydrogen) atoms. The first-order valence-electron chi connectivity index (χ1n) is 17.9. The fourth-order valence-electron chi connectivity index (χ4n) is 6.67. The second kappa shape index (κ2) is 16.0. The molecule has 0 bridgehead atoms. The van der Waals surface area contributed by atoms with Crippen LogP contribution in [0.5, 0.6) is 17.2 Å². The molecule has 8 rings (SSSR count). The number of ether oxygens (including phenoxy) is 2. The number of benzene rings is 8. The molecule has 4 nitrogen and oxygen atoms in total. The van der Waals surface area contributed by atoms with Gasteiger partial charge in [0.2, 0.25) is 0 Å². The monoisotopic (exact) mass is 718 g/mol. The van der Waals surface area contributed by atoms with Gasteiger partial charge in [0.1, 0.15) is 17.2 Å². The molecule has 5 heteroatoms. The Kier molecular flexibility index (Phi) is 10.2. The fraction of sp³-hybridized carbons (Fsp3) is 0.0204. The minimum atomic E-state index is 0.741. The molecule has 262 valence electrons.